The first kappa shape index (κ1) is 8.03. The number of hydrogen-bond donors (Lipinski definition) is 0. The summed E-state index contributed by atoms with van der Waals surface area (Å²) in [5.74, 6) is 2.06. The first-order valence-electron chi connectivity index (χ1n) is 4.88. The topological polar surface area (TPSA) is 17.1 Å². The molecule has 0 amide bonds. The molecule has 0 aromatic carbocycles. The van der Waals surface area contributed by atoms with Crippen molar-refractivity contribution in [1.29, 1.82) is 0 Å². The molecule has 0 heterocycles. The molecule has 0 spiro atoms. The van der Waals surface area contributed by atoms with Gasteiger partial charge in [-0.05, 0) is 31.6 Å². The summed E-state index contributed by atoms with van der Waals surface area (Å²) in [6, 6.07) is 0. The summed E-state index contributed by atoms with van der Waals surface area (Å²) in [7, 11) is 0. The van der Waals surface area contributed by atoms with Gasteiger partial charge >= 0.3 is 0 Å². The smallest absolute Gasteiger partial charge is 0.136 e. The van der Waals surface area contributed by atoms with Crippen LogP contribution >= 0.6 is 0 Å². The van der Waals surface area contributed by atoms with Gasteiger partial charge in [0.1, 0.15) is 5.78 Å². The monoisotopic (exact) mass is 164 g/mol. The van der Waals surface area contributed by atoms with Crippen LogP contribution in [0.1, 0.15) is 33.1 Å². The van der Waals surface area contributed by atoms with Crippen molar-refractivity contribution in [2.75, 3.05) is 0 Å². The van der Waals surface area contributed by atoms with Crippen LogP contribution in [-0.2, 0) is 4.79 Å². The number of fused-ring (bicyclic) bond motifs is 2. The van der Waals surface area contributed by atoms with Gasteiger partial charge in [-0.2, -0.15) is 0 Å². The fourth-order valence-corrected chi connectivity index (χ4v) is 2.50. The lowest BCUT2D eigenvalue weighted by atomic mass is 9.67. The largest absolute Gasteiger partial charge is 0.299 e. The average molecular weight is 164 g/mol. The van der Waals surface area contributed by atoms with E-state index in [2.05, 4.69) is 19.9 Å². The van der Waals surface area contributed by atoms with Crippen LogP contribution in [0.25, 0.3) is 0 Å². The first-order chi connectivity index (χ1) is 5.68. The molecule has 0 aromatic heterocycles. The van der Waals surface area contributed by atoms with Gasteiger partial charge in [0.2, 0.25) is 0 Å². The minimum Gasteiger partial charge on any atom is -0.299 e. The minimum atomic E-state index is 0.325. The number of carbonyl (C=O) groups is 1. The Hall–Kier alpha value is -0.590. The lowest BCUT2D eigenvalue weighted by molar-refractivity contribution is -0.127. The summed E-state index contributed by atoms with van der Waals surface area (Å²) >= 11 is 0. The van der Waals surface area contributed by atoms with E-state index in [1.807, 2.05) is 0 Å². The molecule has 0 N–H and O–H groups in total. The highest BCUT2D eigenvalue weighted by Crippen LogP contribution is 2.40. The second kappa shape index (κ2) is 2.72. The summed E-state index contributed by atoms with van der Waals surface area (Å²) in [6.45, 7) is 4.27. The Balaban J connectivity index is 2.24. The molecule has 0 unspecified atom stereocenters. The lowest BCUT2D eigenvalue weighted by Gasteiger charge is -2.36. The third-order valence-corrected chi connectivity index (χ3v) is 3.64. The van der Waals surface area contributed by atoms with Crippen molar-refractivity contribution in [1.82, 2.24) is 0 Å². The zero-order valence-electron chi connectivity index (χ0n) is 7.84. The fraction of sp³-hybridized carbons (Fsp3) is 0.727. The van der Waals surface area contributed by atoms with E-state index < -0.39 is 0 Å². The van der Waals surface area contributed by atoms with Crippen molar-refractivity contribution >= 4 is 5.78 Å². The highest BCUT2D eigenvalue weighted by molar-refractivity contribution is 5.82. The van der Waals surface area contributed by atoms with Gasteiger partial charge in [-0.25, -0.2) is 0 Å². The number of Topliss-reactive ketones (excluding diaryl/α,β-unsaturated/α-hetero) is 1. The van der Waals surface area contributed by atoms with Crippen LogP contribution in [0.3, 0.4) is 0 Å². The summed E-state index contributed by atoms with van der Waals surface area (Å²) in [5.41, 5.74) is 1.45. The number of rotatable bonds is 0. The van der Waals surface area contributed by atoms with Crippen LogP contribution in [0.4, 0.5) is 0 Å². The van der Waals surface area contributed by atoms with Crippen molar-refractivity contribution in [3.05, 3.63) is 11.6 Å². The van der Waals surface area contributed by atoms with E-state index in [0.717, 1.165) is 12.8 Å². The molecule has 1 heteroatoms. The molecule has 1 nitrogen and oxygen atoms in total. The third kappa shape index (κ3) is 1.12. The molecular formula is C11H16O. The van der Waals surface area contributed by atoms with E-state index in [1.54, 1.807) is 0 Å². The average Bonchev–Trinajstić information content (AvgIpc) is 2.06. The number of ketones is 1. The Labute approximate surface area is 73.8 Å². The van der Waals surface area contributed by atoms with Crippen molar-refractivity contribution in [2.45, 2.75) is 33.1 Å². The van der Waals surface area contributed by atoms with Gasteiger partial charge in [-0.15, -0.1) is 0 Å². The molecule has 1 fully saturated rings. The minimum absolute atomic E-state index is 0.325. The van der Waals surface area contributed by atoms with E-state index in [4.69, 9.17) is 0 Å². The van der Waals surface area contributed by atoms with Crippen molar-refractivity contribution in [2.24, 2.45) is 17.8 Å². The van der Waals surface area contributed by atoms with Gasteiger partial charge in [0.25, 0.3) is 0 Å². The zero-order valence-corrected chi connectivity index (χ0v) is 7.84. The quantitative estimate of drug-likeness (QED) is 0.503. The number of hydrogen-bond acceptors (Lipinski definition) is 1. The molecule has 0 aromatic rings. The van der Waals surface area contributed by atoms with E-state index in [1.165, 1.54) is 12.0 Å². The fourth-order valence-electron chi connectivity index (χ4n) is 2.50. The van der Waals surface area contributed by atoms with Gasteiger partial charge in [-0.1, -0.05) is 18.6 Å². The number of carbonyl (C=O) groups excluding carboxylic acids is 1. The summed E-state index contributed by atoms with van der Waals surface area (Å²) in [5, 5.41) is 0. The zero-order chi connectivity index (χ0) is 8.72. The molecule has 3 atom stereocenters. The molecule has 2 aliphatic rings. The molecule has 2 bridgehead atoms. The summed E-state index contributed by atoms with van der Waals surface area (Å²) < 4.78 is 0. The molecular weight excluding hydrogens is 148 g/mol. The second-order valence-corrected chi connectivity index (χ2v) is 4.34. The van der Waals surface area contributed by atoms with E-state index in [0.29, 0.717) is 23.5 Å². The number of allylic oxidation sites excluding steroid dienone is 2. The van der Waals surface area contributed by atoms with E-state index in [-0.39, 0.29) is 0 Å². The lowest BCUT2D eigenvalue weighted by Crippen LogP contribution is -2.33. The second-order valence-electron chi connectivity index (χ2n) is 4.34. The highest BCUT2D eigenvalue weighted by atomic mass is 16.1. The molecule has 1 saturated carbocycles. The van der Waals surface area contributed by atoms with Gasteiger partial charge in [0, 0.05) is 12.3 Å². The Kier molecular flexibility index (Phi) is 1.82. The van der Waals surface area contributed by atoms with Crippen LogP contribution < -0.4 is 0 Å². The van der Waals surface area contributed by atoms with Crippen LogP contribution in [-0.4, -0.2) is 5.78 Å². The molecule has 12 heavy (non-hydrogen) atoms. The van der Waals surface area contributed by atoms with Crippen LogP contribution in [0.15, 0.2) is 11.6 Å². The normalized spacial score (nSPS) is 41.0. The van der Waals surface area contributed by atoms with Crippen molar-refractivity contribution in [3.63, 3.8) is 0 Å². The van der Waals surface area contributed by atoms with Crippen LogP contribution in [0, 0.1) is 17.8 Å². The summed E-state index contributed by atoms with van der Waals surface area (Å²) in [4.78, 5) is 11.5. The highest BCUT2D eigenvalue weighted by Gasteiger charge is 2.35. The maximum absolute atomic E-state index is 11.5. The Bertz CT molecular complexity index is 239. The standard InChI is InChI=1S/C11H16O/c1-7-3-4-9-5-10(7)6-11(12)8(9)2/h3,8-10H,4-6H2,1-2H3/t8-,9-,10+/m1/s1. The maximum atomic E-state index is 11.5. The molecule has 0 saturated heterocycles. The SMILES string of the molecule is CC1=CC[C@@H]2C[C@H]1CC(=O)[C@@H]2C. The molecule has 66 valence electrons. The van der Waals surface area contributed by atoms with E-state index >= 15 is 0 Å². The molecule has 0 radical (unpaired) electrons. The summed E-state index contributed by atoms with van der Waals surface area (Å²) in [6.07, 6.45) is 5.53. The Morgan fingerprint density at radius 1 is 1.50 bits per heavy atom. The van der Waals surface area contributed by atoms with Crippen molar-refractivity contribution < 1.29 is 4.79 Å². The Morgan fingerprint density at radius 2 is 2.25 bits per heavy atom. The molecule has 2 rings (SSSR count). The van der Waals surface area contributed by atoms with Crippen molar-refractivity contribution in [3.8, 4) is 0 Å². The predicted octanol–water partition coefficient (Wildman–Crippen LogP) is 2.57. The molecule has 2 aliphatic carbocycles. The van der Waals surface area contributed by atoms with Gasteiger partial charge < -0.3 is 0 Å². The molecule has 0 aliphatic heterocycles. The van der Waals surface area contributed by atoms with Crippen LogP contribution in [0.5, 0.6) is 0 Å². The third-order valence-electron chi connectivity index (χ3n) is 3.64. The predicted molar refractivity (Wildman–Crippen MR) is 48.8 cm³/mol. The van der Waals surface area contributed by atoms with E-state index in [9.17, 15) is 4.79 Å². The van der Waals surface area contributed by atoms with Gasteiger partial charge in [-0.3, -0.25) is 4.79 Å². The van der Waals surface area contributed by atoms with Crippen LogP contribution in [0.2, 0.25) is 0 Å². The maximum Gasteiger partial charge on any atom is 0.136 e. The Morgan fingerprint density at radius 3 is 3.00 bits per heavy atom. The van der Waals surface area contributed by atoms with Gasteiger partial charge in [0.15, 0.2) is 0 Å². The van der Waals surface area contributed by atoms with Gasteiger partial charge in [0.05, 0.1) is 0 Å². The first-order valence-corrected chi connectivity index (χ1v) is 4.88.